The van der Waals surface area contributed by atoms with Crippen molar-refractivity contribution < 1.29 is 14.6 Å². The van der Waals surface area contributed by atoms with Crippen LogP contribution in [0.2, 0.25) is 0 Å². The van der Waals surface area contributed by atoms with Gasteiger partial charge in [-0.1, -0.05) is 0 Å². The summed E-state index contributed by atoms with van der Waals surface area (Å²) < 4.78 is 11.2. The lowest BCUT2D eigenvalue weighted by Gasteiger charge is -2.40. The molecule has 0 unspecified atom stereocenters. The Kier molecular flexibility index (Phi) is 5.58. The minimum atomic E-state index is -0.593. The van der Waals surface area contributed by atoms with Gasteiger partial charge in [0.25, 0.3) is 0 Å². The molecule has 2 aliphatic heterocycles. The third-order valence-electron chi connectivity index (χ3n) is 4.75. The summed E-state index contributed by atoms with van der Waals surface area (Å²) in [5.74, 6) is 0. The maximum Gasteiger partial charge on any atom is 0.115 e. The highest BCUT2D eigenvalue weighted by Gasteiger charge is 2.33. The van der Waals surface area contributed by atoms with Crippen LogP contribution in [0.1, 0.15) is 30.7 Å². The number of β-amino-alcohol motifs (C(OH)–C–C–N with tert-alkyl or cyclic N) is 1. The van der Waals surface area contributed by atoms with Crippen LogP contribution in [0.4, 0.5) is 0 Å². The van der Waals surface area contributed by atoms with Gasteiger partial charge in [-0.2, -0.15) is 0 Å². The molecule has 6 nitrogen and oxygen atoms in total. The van der Waals surface area contributed by atoms with Gasteiger partial charge in [0.15, 0.2) is 0 Å². The first-order chi connectivity index (χ1) is 11.1. The molecule has 1 aromatic heterocycles. The van der Waals surface area contributed by atoms with E-state index in [4.69, 9.17) is 9.47 Å². The molecule has 1 N–H and O–H groups in total. The zero-order chi connectivity index (χ0) is 16.1. The Bertz CT molecular complexity index is 506. The Morgan fingerprint density at radius 1 is 1.30 bits per heavy atom. The molecule has 0 aromatic carbocycles. The SMILES string of the molecule is Cc1cc(CC[C@@H]2CN(CC3(O)CCOCC3)CCO2)ncn1. The molecule has 0 amide bonds. The van der Waals surface area contributed by atoms with E-state index >= 15 is 0 Å². The van der Waals surface area contributed by atoms with Crippen molar-refractivity contribution in [1.82, 2.24) is 14.9 Å². The molecule has 3 rings (SSSR count). The predicted molar refractivity (Wildman–Crippen MR) is 86.3 cm³/mol. The summed E-state index contributed by atoms with van der Waals surface area (Å²) in [6.45, 7) is 6.55. The first-order valence-corrected chi connectivity index (χ1v) is 8.55. The van der Waals surface area contributed by atoms with Crippen molar-refractivity contribution in [2.45, 2.75) is 44.3 Å². The lowest BCUT2D eigenvalue weighted by Crippen LogP contribution is -2.52. The lowest BCUT2D eigenvalue weighted by molar-refractivity contribution is -0.103. The van der Waals surface area contributed by atoms with Gasteiger partial charge in [0.05, 0.1) is 18.3 Å². The van der Waals surface area contributed by atoms with E-state index in [1.165, 1.54) is 0 Å². The molecule has 0 bridgehead atoms. The van der Waals surface area contributed by atoms with Crippen molar-refractivity contribution in [3.63, 3.8) is 0 Å². The predicted octanol–water partition coefficient (Wildman–Crippen LogP) is 0.960. The fourth-order valence-electron chi connectivity index (χ4n) is 3.38. The number of ether oxygens (including phenoxy) is 2. The van der Waals surface area contributed by atoms with Crippen molar-refractivity contribution in [1.29, 1.82) is 0 Å². The zero-order valence-electron chi connectivity index (χ0n) is 13.9. The zero-order valence-corrected chi connectivity index (χ0v) is 13.9. The van der Waals surface area contributed by atoms with Crippen molar-refractivity contribution >= 4 is 0 Å². The maximum absolute atomic E-state index is 10.7. The molecule has 0 aliphatic carbocycles. The minimum Gasteiger partial charge on any atom is -0.388 e. The van der Waals surface area contributed by atoms with Crippen LogP contribution >= 0.6 is 0 Å². The van der Waals surface area contributed by atoms with Crippen LogP contribution in [0.3, 0.4) is 0 Å². The second kappa shape index (κ2) is 7.66. The Balaban J connectivity index is 1.48. The molecule has 6 heteroatoms. The highest BCUT2D eigenvalue weighted by molar-refractivity contribution is 5.06. The van der Waals surface area contributed by atoms with Crippen molar-refractivity contribution in [2.24, 2.45) is 0 Å². The van der Waals surface area contributed by atoms with Crippen molar-refractivity contribution in [3.05, 3.63) is 23.8 Å². The highest BCUT2D eigenvalue weighted by Crippen LogP contribution is 2.23. The van der Waals surface area contributed by atoms with Crippen LogP contribution in [0.15, 0.2) is 12.4 Å². The molecule has 1 atom stereocenters. The fourth-order valence-corrected chi connectivity index (χ4v) is 3.38. The number of aromatic nitrogens is 2. The molecule has 23 heavy (non-hydrogen) atoms. The molecule has 2 saturated heterocycles. The van der Waals surface area contributed by atoms with Crippen molar-refractivity contribution in [3.8, 4) is 0 Å². The molecule has 0 saturated carbocycles. The summed E-state index contributed by atoms with van der Waals surface area (Å²) >= 11 is 0. The molecule has 0 spiro atoms. The van der Waals surface area contributed by atoms with Gasteiger partial charge in [-0.25, -0.2) is 9.97 Å². The highest BCUT2D eigenvalue weighted by atomic mass is 16.5. The molecule has 2 fully saturated rings. The summed E-state index contributed by atoms with van der Waals surface area (Å²) in [5.41, 5.74) is 1.48. The molecule has 0 radical (unpaired) electrons. The maximum atomic E-state index is 10.7. The van der Waals surface area contributed by atoms with E-state index in [9.17, 15) is 5.11 Å². The van der Waals surface area contributed by atoms with Gasteiger partial charge >= 0.3 is 0 Å². The number of aliphatic hydroxyl groups is 1. The molecular formula is C17H27N3O3. The fraction of sp³-hybridized carbons (Fsp3) is 0.765. The van der Waals surface area contributed by atoms with Gasteiger partial charge in [0, 0.05) is 57.1 Å². The molecule has 1 aromatic rings. The number of aryl methyl sites for hydroxylation is 2. The van der Waals surface area contributed by atoms with Crippen LogP contribution in [0.25, 0.3) is 0 Å². The second-order valence-corrected chi connectivity index (χ2v) is 6.75. The number of nitrogens with zero attached hydrogens (tertiary/aromatic N) is 3. The van der Waals surface area contributed by atoms with E-state index in [0.717, 1.165) is 63.3 Å². The Hall–Kier alpha value is -1.08. The van der Waals surface area contributed by atoms with Gasteiger partial charge in [0.1, 0.15) is 6.33 Å². The van der Waals surface area contributed by atoms with E-state index in [1.807, 2.05) is 13.0 Å². The molecule has 128 valence electrons. The van der Waals surface area contributed by atoms with Crippen LogP contribution in [0.5, 0.6) is 0 Å². The van der Waals surface area contributed by atoms with Gasteiger partial charge < -0.3 is 14.6 Å². The van der Waals surface area contributed by atoms with E-state index in [0.29, 0.717) is 13.2 Å². The molecule has 3 heterocycles. The summed E-state index contributed by atoms with van der Waals surface area (Å²) in [7, 11) is 0. The normalized spacial score (nSPS) is 25.4. The van der Waals surface area contributed by atoms with E-state index in [1.54, 1.807) is 6.33 Å². The molecule has 2 aliphatic rings. The average Bonchev–Trinajstić information content (AvgIpc) is 2.54. The van der Waals surface area contributed by atoms with E-state index < -0.39 is 5.60 Å². The smallest absolute Gasteiger partial charge is 0.115 e. The summed E-state index contributed by atoms with van der Waals surface area (Å²) in [6.07, 6.45) is 5.15. The molecular weight excluding hydrogens is 294 g/mol. The standard InChI is InChI=1S/C17H27N3O3/c1-14-10-15(19-13-18-14)2-3-16-11-20(6-9-23-16)12-17(21)4-7-22-8-5-17/h10,13,16,21H,2-9,11-12H2,1H3/t16-/m1/s1. The monoisotopic (exact) mass is 321 g/mol. The summed E-state index contributed by atoms with van der Waals surface area (Å²) in [5, 5.41) is 10.7. The van der Waals surface area contributed by atoms with Crippen LogP contribution in [-0.2, 0) is 15.9 Å². The lowest BCUT2D eigenvalue weighted by atomic mass is 9.93. The van der Waals surface area contributed by atoms with Crippen LogP contribution in [-0.4, -0.2) is 71.1 Å². The van der Waals surface area contributed by atoms with Crippen LogP contribution in [0, 0.1) is 6.92 Å². The largest absolute Gasteiger partial charge is 0.388 e. The summed E-state index contributed by atoms with van der Waals surface area (Å²) in [4.78, 5) is 10.8. The number of morpholine rings is 1. The van der Waals surface area contributed by atoms with Crippen molar-refractivity contribution in [2.75, 3.05) is 39.5 Å². The number of hydrogen-bond acceptors (Lipinski definition) is 6. The second-order valence-electron chi connectivity index (χ2n) is 6.75. The first kappa shape index (κ1) is 16.8. The Morgan fingerprint density at radius 3 is 2.91 bits per heavy atom. The van der Waals surface area contributed by atoms with Gasteiger partial charge in [-0.15, -0.1) is 0 Å². The quantitative estimate of drug-likeness (QED) is 0.871. The van der Waals surface area contributed by atoms with Gasteiger partial charge in [0.2, 0.25) is 0 Å². The van der Waals surface area contributed by atoms with E-state index in [2.05, 4.69) is 14.9 Å². The summed E-state index contributed by atoms with van der Waals surface area (Å²) in [6, 6.07) is 2.03. The van der Waals surface area contributed by atoms with Gasteiger partial charge in [-0.3, -0.25) is 4.90 Å². The minimum absolute atomic E-state index is 0.211. The first-order valence-electron chi connectivity index (χ1n) is 8.55. The third-order valence-corrected chi connectivity index (χ3v) is 4.75. The van der Waals surface area contributed by atoms with Crippen LogP contribution < -0.4 is 0 Å². The Morgan fingerprint density at radius 2 is 2.13 bits per heavy atom. The van der Waals surface area contributed by atoms with E-state index in [-0.39, 0.29) is 6.10 Å². The Labute approximate surface area is 137 Å². The average molecular weight is 321 g/mol. The van der Waals surface area contributed by atoms with Gasteiger partial charge in [-0.05, 0) is 25.8 Å². The number of hydrogen-bond donors (Lipinski definition) is 1. The topological polar surface area (TPSA) is 67.7 Å². The third kappa shape index (κ3) is 4.94. The number of rotatable bonds is 5.